The highest BCUT2D eigenvalue weighted by molar-refractivity contribution is 5.48. The van der Waals surface area contributed by atoms with Crippen molar-refractivity contribution in [3.8, 4) is 0 Å². The largest absolute Gasteiger partial charge is 0.359 e. The first kappa shape index (κ1) is 11.8. The molecule has 0 saturated carbocycles. The van der Waals surface area contributed by atoms with E-state index in [-0.39, 0.29) is 0 Å². The summed E-state index contributed by atoms with van der Waals surface area (Å²) in [7, 11) is 0. The van der Waals surface area contributed by atoms with Crippen molar-refractivity contribution in [3.05, 3.63) is 42.1 Å². The number of aryl methyl sites for hydroxylation is 1. The van der Waals surface area contributed by atoms with Gasteiger partial charge in [-0.2, -0.15) is 0 Å². The van der Waals surface area contributed by atoms with Crippen LogP contribution in [0.2, 0.25) is 0 Å². The van der Waals surface area contributed by atoms with Crippen molar-refractivity contribution in [1.29, 1.82) is 0 Å². The molecule has 0 amide bonds. The minimum absolute atomic E-state index is 1.07. The Kier molecular flexibility index (Phi) is 4.96. The summed E-state index contributed by atoms with van der Waals surface area (Å²) in [6, 6.07) is 8.42. The molecular formula is C14H21N. The Balaban J connectivity index is 2.34. The fourth-order valence-electron chi connectivity index (χ4n) is 1.49. The molecule has 1 aromatic rings. The van der Waals surface area contributed by atoms with E-state index in [0.717, 1.165) is 17.8 Å². The van der Waals surface area contributed by atoms with Crippen LogP contribution in [0.25, 0.3) is 0 Å². The molecule has 0 spiro atoms. The molecular weight excluding hydrogens is 182 g/mol. The Labute approximate surface area is 93.2 Å². The highest BCUT2D eigenvalue weighted by atomic mass is 14.9. The second-order valence-corrected chi connectivity index (χ2v) is 4.05. The summed E-state index contributed by atoms with van der Waals surface area (Å²) < 4.78 is 0. The smallest absolute Gasteiger partial charge is 0.0381 e. The average Bonchev–Trinajstić information content (AvgIpc) is 2.22. The summed E-state index contributed by atoms with van der Waals surface area (Å²) in [5, 5.41) is 3.33. The van der Waals surface area contributed by atoms with Crippen LogP contribution in [0.5, 0.6) is 0 Å². The molecule has 1 aromatic carbocycles. The summed E-state index contributed by atoms with van der Waals surface area (Å²) in [4.78, 5) is 0. The predicted molar refractivity (Wildman–Crippen MR) is 68.1 cm³/mol. The van der Waals surface area contributed by atoms with Gasteiger partial charge in [-0.15, -0.1) is 0 Å². The zero-order valence-electron chi connectivity index (χ0n) is 9.84. The molecule has 0 radical (unpaired) electrons. The van der Waals surface area contributed by atoms with Crippen LogP contribution in [0.1, 0.15) is 38.2 Å². The third-order valence-electron chi connectivity index (χ3n) is 2.45. The molecule has 1 rings (SSSR count). The van der Waals surface area contributed by atoms with Crippen molar-refractivity contribution in [2.45, 2.75) is 39.5 Å². The second-order valence-electron chi connectivity index (χ2n) is 4.05. The third-order valence-corrected chi connectivity index (χ3v) is 2.45. The maximum atomic E-state index is 4.03. The van der Waals surface area contributed by atoms with Gasteiger partial charge in [-0.05, 0) is 31.9 Å². The number of allylic oxidation sites excluding steroid dienone is 1. The standard InChI is InChI=1S/C14H21N/c1-4-5-6-7-13(3)15-14-10-8-12(2)9-11-14/h8-11,15H,3-7H2,1-2H3. The minimum atomic E-state index is 1.07. The van der Waals surface area contributed by atoms with E-state index < -0.39 is 0 Å². The fraction of sp³-hybridized carbons (Fsp3) is 0.429. The molecule has 0 aliphatic heterocycles. The molecule has 0 heterocycles. The van der Waals surface area contributed by atoms with E-state index in [1.54, 1.807) is 0 Å². The number of anilines is 1. The monoisotopic (exact) mass is 203 g/mol. The van der Waals surface area contributed by atoms with Crippen LogP contribution in [0.15, 0.2) is 36.5 Å². The lowest BCUT2D eigenvalue weighted by Crippen LogP contribution is -1.97. The molecule has 1 N–H and O–H groups in total. The molecule has 1 nitrogen and oxygen atoms in total. The Morgan fingerprint density at radius 1 is 1.20 bits per heavy atom. The first-order valence-electron chi connectivity index (χ1n) is 5.74. The fourth-order valence-corrected chi connectivity index (χ4v) is 1.49. The van der Waals surface area contributed by atoms with Gasteiger partial charge in [0.15, 0.2) is 0 Å². The van der Waals surface area contributed by atoms with E-state index in [2.05, 4.69) is 50.0 Å². The van der Waals surface area contributed by atoms with Crippen molar-refractivity contribution in [2.24, 2.45) is 0 Å². The molecule has 0 aromatic heterocycles. The van der Waals surface area contributed by atoms with Crippen LogP contribution < -0.4 is 5.32 Å². The molecule has 15 heavy (non-hydrogen) atoms. The van der Waals surface area contributed by atoms with Crippen LogP contribution >= 0.6 is 0 Å². The van der Waals surface area contributed by atoms with Gasteiger partial charge >= 0.3 is 0 Å². The molecule has 0 aliphatic carbocycles. The molecule has 0 aliphatic rings. The van der Waals surface area contributed by atoms with Crippen LogP contribution in [-0.4, -0.2) is 0 Å². The van der Waals surface area contributed by atoms with Crippen LogP contribution in [-0.2, 0) is 0 Å². The summed E-state index contributed by atoms with van der Waals surface area (Å²) in [5.41, 5.74) is 3.55. The van der Waals surface area contributed by atoms with Gasteiger partial charge < -0.3 is 5.32 Å². The average molecular weight is 203 g/mol. The zero-order valence-corrected chi connectivity index (χ0v) is 9.84. The highest BCUT2D eigenvalue weighted by Gasteiger charge is 1.95. The Morgan fingerprint density at radius 3 is 2.47 bits per heavy atom. The molecule has 82 valence electrons. The Bertz CT molecular complexity index is 298. The Hall–Kier alpha value is -1.24. The van der Waals surface area contributed by atoms with Gasteiger partial charge in [0.1, 0.15) is 0 Å². The van der Waals surface area contributed by atoms with Crippen molar-refractivity contribution >= 4 is 5.69 Å². The quantitative estimate of drug-likeness (QED) is 0.671. The van der Waals surface area contributed by atoms with E-state index >= 15 is 0 Å². The maximum Gasteiger partial charge on any atom is 0.0381 e. The SMILES string of the molecule is C=C(CCCCC)Nc1ccc(C)cc1. The summed E-state index contributed by atoms with van der Waals surface area (Å²) in [6.45, 7) is 8.35. The van der Waals surface area contributed by atoms with Gasteiger partial charge in [-0.1, -0.05) is 44.0 Å². The van der Waals surface area contributed by atoms with E-state index in [0.29, 0.717) is 0 Å². The number of hydrogen-bond donors (Lipinski definition) is 1. The summed E-state index contributed by atoms with van der Waals surface area (Å²) in [6.07, 6.45) is 4.85. The zero-order chi connectivity index (χ0) is 11.1. The van der Waals surface area contributed by atoms with Gasteiger partial charge in [-0.3, -0.25) is 0 Å². The van der Waals surface area contributed by atoms with Gasteiger partial charge in [0.25, 0.3) is 0 Å². The lowest BCUT2D eigenvalue weighted by molar-refractivity contribution is 0.716. The van der Waals surface area contributed by atoms with E-state index in [1.807, 2.05) is 0 Å². The molecule has 0 unspecified atom stereocenters. The molecule has 0 fully saturated rings. The number of unbranched alkanes of at least 4 members (excludes halogenated alkanes) is 2. The Morgan fingerprint density at radius 2 is 1.87 bits per heavy atom. The first-order valence-corrected chi connectivity index (χ1v) is 5.74. The highest BCUT2D eigenvalue weighted by Crippen LogP contribution is 2.14. The van der Waals surface area contributed by atoms with E-state index in [4.69, 9.17) is 0 Å². The van der Waals surface area contributed by atoms with E-state index in [1.165, 1.54) is 24.8 Å². The van der Waals surface area contributed by atoms with Crippen LogP contribution in [0.3, 0.4) is 0 Å². The van der Waals surface area contributed by atoms with Crippen molar-refractivity contribution in [1.82, 2.24) is 0 Å². The molecule has 1 heteroatoms. The lowest BCUT2D eigenvalue weighted by Gasteiger charge is -2.09. The van der Waals surface area contributed by atoms with Crippen molar-refractivity contribution in [3.63, 3.8) is 0 Å². The molecule has 0 saturated heterocycles. The van der Waals surface area contributed by atoms with Gasteiger partial charge in [0.2, 0.25) is 0 Å². The predicted octanol–water partition coefficient (Wildman–Crippen LogP) is 4.50. The van der Waals surface area contributed by atoms with Gasteiger partial charge in [0, 0.05) is 11.4 Å². The van der Waals surface area contributed by atoms with Gasteiger partial charge in [0.05, 0.1) is 0 Å². The maximum absolute atomic E-state index is 4.03. The number of benzene rings is 1. The topological polar surface area (TPSA) is 12.0 Å². The number of hydrogen-bond acceptors (Lipinski definition) is 1. The molecule has 0 bridgehead atoms. The summed E-state index contributed by atoms with van der Waals surface area (Å²) >= 11 is 0. The van der Waals surface area contributed by atoms with Crippen molar-refractivity contribution in [2.75, 3.05) is 5.32 Å². The third kappa shape index (κ3) is 4.68. The normalized spacial score (nSPS) is 10.0. The number of rotatable bonds is 6. The van der Waals surface area contributed by atoms with Crippen LogP contribution in [0, 0.1) is 6.92 Å². The minimum Gasteiger partial charge on any atom is -0.359 e. The summed E-state index contributed by atoms with van der Waals surface area (Å²) in [5.74, 6) is 0. The second kappa shape index (κ2) is 6.28. The number of nitrogens with one attached hydrogen (secondary N) is 1. The first-order chi connectivity index (χ1) is 7.22. The molecule has 0 atom stereocenters. The van der Waals surface area contributed by atoms with Crippen molar-refractivity contribution < 1.29 is 0 Å². The van der Waals surface area contributed by atoms with Gasteiger partial charge in [-0.25, -0.2) is 0 Å². The van der Waals surface area contributed by atoms with Crippen LogP contribution in [0.4, 0.5) is 5.69 Å². The van der Waals surface area contributed by atoms with E-state index in [9.17, 15) is 0 Å². The lowest BCUT2D eigenvalue weighted by atomic mass is 10.1.